The molecule has 10 atom stereocenters. The molecule has 2 N–H and O–H groups in total. The molecule has 0 bridgehead atoms. The van der Waals surface area contributed by atoms with Gasteiger partial charge in [-0.25, -0.2) is 0 Å². The molecule has 0 aromatic heterocycles. The van der Waals surface area contributed by atoms with Crippen molar-refractivity contribution in [3.05, 3.63) is 23.8 Å². The summed E-state index contributed by atoms with van der Waals surface area (Å²) in [4.78, 5) is 43.3. The van der Waals surface area contributed by atoms with E-state index in [1.54, 1.807) is 0 Å². The van der Waals surface area contributed by atoms with Crippen LogP contribution in [0.2, 0.25) is 0 Å². The van der Waals surface area contributed by atoms with Crippen LogP contribution in [0.1, 0.15) is 227 Å². The van der Waals surface area contributed by atoms with Gasteiger partial charge in [-0.05, 0) is 140 Å². The van der Waals surface area contributed by atoms with Gasteiger partial charge in [0.15, 0.2) is 18.5 Å². The standard InChI is InChI=1S/C59H99NO10/c1-6-9-11-13-15-19-28-46(29-20-16-14-12-10-7-2)68-53(65)31-22-18-24-37-60(38-25-26-39-61)36-23-17-21-30-52(64)66-43-50(63)59-51(69-54(70-59)27-8-3)40-48-47-33-32-45-41-58(44-67-58)35-34-56(45,4)55(47)49(62)42-57(48,59)5/h34-35,41,46-49,51,54-55,61-62H,6-33,36-40,42-44H2,1-5H3. The van der Waals surface area contributed by atoms with Crippen LogP contribution < -0.4 is 0 Å². The fourth-order valence-corrected chi connectivity index (χ4v) is 13.9. The molecule has 6 aliphatic rings. The van der Waals surface area contributed by atoms with Crippen LogP contribution in [0.5, 0.6) is 0 Å². The predicted molar refractivity (Wildman–Crippen MR) is 276 cm³/mol. The lowest BCUT2D eigenvalue weighted by Crippen LogP contribution is -2.63. The van der Waals surface area contributed by atoms with Crippen molar-refractivity contribution in [2.75, 3.05) is 39.5 Å². The lowest BCUT2D eigenvalue weighted by Gasteiger charge is -2.60. The van der Waals surface area contributed by atoms with Crippen LogP contribution in [-0.4, -0.2) is 108 Å². The Labute approximate surface area is 424 Å². The van der Waals surface area contributed by atoms with Gasteiger partial charge in [-0.1, -0.05) is 130 Å². The molecule has 2 aliphatic heterocycles. The molecular weight excluding hydrogens is 883 g/mol. The van der Waals surface area contributed by atoms with Gasteiger partial charge in [-0.3, -0.25) is 14.4 Å². The summed E-state index contributed by atoms with van der Waals surface area (Å²) in [6.07, 6.45) is 34.5. The molecule has 4 aliphatic carbocycles. The number of hydrogen-bond donors (Lipinski definition) is 2. The zero-order valence-electron chi connectivity index (χ0n) is 44.8. The van der Waals surface area contributed by atoms with E-state index in [0.717, 1.165) is 116 Å². The monoisotopic (exact) mass is 982 g/mol. The molecule has 2 heterocycles. The lowest BCUT2D eigenvalue weighted by molar-refractivity contribution is -0.201. The molecule has 1 spiro atoms. The molecular formula is C59H99NO10. The van der Waals surface area contributed by atoms with Crippen LogP contribution in [-0.2, 0) is 38.1 Å². The molecule has 0 aromatic rings. The molecule has 6 rings (SSSR count). The highest BCUT2D eigenvalue weighted by atomic mass is 16.7. The quantitative estimate of drug-likeness (QED) is 0.0268. The second kappa shape index (κ2) is 27.9. The number of Topliss-reactive ketones (excluding diaryl/α,β-unsaturated/α-hetero) is 1. The third kappa shape index (κ3) is 14.6. The summed E-state index contributed by atoms with van der Waals surface area (Å²) in [5.41, 5.74) is -1.10. The SMILES string of the molecule is CCCCCCCCC(CCCCCCCC)OC(=O)CCCCCN(CCCCO)CCCCCC(=O)OCC(=O)C12OC(CCC)OC1CC1C3CCC4=CC5(C=CC4(C)C3C(O)CC12C)CO5. The molecule has 0 amide bonds. The molecule has 11 heteroatoms. The molecule has 10 unspecified atom stereocenters. The Kier molecular flexibility index (Phi) is 22.8. The lowest BCUT2D eigenvalue weighted by atomic mass is 9.46. The number of rotatable bonds is 36. The number of hydrogen-bond acceptors (Lipinski definition) is 11. The van der Waals surface area contributed by atoms with Crippen molar-refractivity contribution in [2.45, 2.75) is 263 Å². The van der Waals surface area contributed by atoms with Gasteiger partial charge in [0.25, 0.3) is 0 Å². The number of ketones is 1. The third-order valence-electron chi connectivity index (χ3n) is 17.9. The van der Waals surface area contributed by atoms with E-state index >= 15 is 0 Å². The van der Waals surface area contributed by atoms with E-state index in [1.807, 2.05) is 0 Å². The highest BCUT2D eigenvalue weighted by Gasteiger charge is 2.76. The normalized spacial score (nSPS) is 31.6. The van der Waals surface area contributed by atoms with Crippen LogP contribution >= 0.6 is 0 Å². The number of unbranched alkanes of at least 4 members (excludes halogenated alkanes) is 15. The van der Waals surface area contributed by atoms with Gasteiger partial charge in [0.1, 0.15) is 11.7 Å². The number of aliphatic hydroxyl groups is 2. The average molecular weight is 982 g/mol. The highest BCUT2D eigenvalue weighted by molar-refractivity contribution is 5.92. The first-order valence-electron chi connectivity index (χ1n) is 29.2. The number of epoxide rings is 1. The molecule has 5 fully saturated rings. The number of esters is 2. The number of nitrogens with zero attached hydrogens (tertiary/aromatic N) is 1. The van der Waals surface area contributed by atoms with Crippen LogP contribution in [0.4, 0.5) is 0 Å². The number of carbonyl (C=O) groups excluding carboxylic acids is 3. The van der Waals surface area contributed by atoms with E-state index in [0.29, 0.717) is 32.1 Å². The van der Waals surface area contributed by atoms with E-state index in [-0.39, 0.29) is 72.2 Å². The second-order valence-electron chi connectivity index (χ2n) is 23.2. The summed E-state index contributed by atoms with van der Waals surface area (Å²) in [6.45, 7) is 14.3. The van der Waals surface area contributed by atoms with Crippen LogP contribution in [0.3, 0.4) is 0 Å². The Hall–Kier alpha value is -2.15. The number of fused-ring (bicyclic) bond motifs is 7. The maximum atomic E-state index is 14.7. The molecule has 3 saturated carbocycles. The third-order valence-corrected chi connectivity index (χ3v) is 17.9. The summed E-state index contributed by atoms with van der Waals surface area (Å²) in [7, 11) is 0. The summed E-state index contributed by atoms with van der Waals surface area (Å²) in [5.74, 6) is -0.299. The molecule has 0 aromatic carbocycles. The van der Waals surface area contributed by atoms with E-state index in [2.05, 4.69) is 57.7 Å². The van der Waals surface area contributed by atoms with Crippen molar-refractivity contribution in [1.82, 2.24) is 4.90 Å². The molecule has 11 nitrogen and oxygen atoms in total. The summed E-state index contributed by atoms with van der Waals surface area (Å²) >= 11 is 0. The zero-order valence-corrected chi connectivity index (χ0v) is 44.8. The number of aliphatic hydroxyl groups excluding tert-OH is 2. The maximum Gasteiger partial charge on any atom is 0.306 e. The van der Waals surface area contributed by atoms with E-state index in [1.165, 1.54) is 69.8 Å². The number of allylic oxidation sites excluding steroid dienone is 2. The number of carbonyl (C=O) groups is 3. The molecule has 2 saturated heterocycles. The van der Waals surface area contributed by atoms with Gasteiger partial charge in [-0.15, -0.1) is 0 Å². The van der Waals surface area contributed by atoms with Crippen molar-refractivity contribution in [3.8, 4) is 0 Å². The minimum atomic E-state index is -1.28. The van der Waals surface area contributed by atoms with Crippen molar-refractivity contribution >= 4 is 17.7 Å². The molecule has 400 valence electrons. The zero-order chi connectivity index (χ0) is 50.0. The van der Waals surface area contributed by atoms with Crippen molar-refractivity contribution in [2.24, 2.45) is 28.6 Å². The Morgan fingerprint density at radius 1 is 0.771 bits per heavy atom. The number of ether oxygens (including phenoxy) is 5. The minimum absolute atomic E-state index is 0.0279. The van der Waals surface area contributed by atoms with Gasteiger partial charge >= 0.3 is 11.9 Å². The molecule has 0 radical (unpaired) electrons. The largest absolute Gasteiger partial charge is 0.462 e. The fraction of sp³-hybridized carbons (Fsp3) is 0.881. The first kappa shape index (κ1) is 57.1. The van der Waals surface area contributed by atoms with Crippen LogP contribution in [0, 0.1) is 28.6 Å². The van der Waals surface area contributed by atoms with Gasteiger partial charge in [0.05, 0.1) is 18.8 Å². The Balaban J connectivity index is 0.912. The van der Waals surface area contributed by atoms with Crippen molar-refractivity contribution < 1.29 is 48.3 Å². The van der Waals surface area contributed by atoms with E-state index in [9.17, 15) is 24.6 Å². The second-order valence-corrected chi connectivity index (χ2v) is 23.2. The van der Waals surface area contributed by atoms with E-state index in [4.69, 9.17) is 23.7 Å². The van der Waals surface area contributed by atoms with Crippen molar-refractivity contribution in [1.29, 1.82) is 0 Å². The Bertz CT molecular complexity index is 1660. The van der Waals surface area contributed by atoms with Crippen molar-refractivity contribution in [3.63, 3.8) is 0 Å². The Morgan fingerprint density at radius 2 is 1.37 bits per heavy atom. The van der Waals surface area contributed by atoms with Gasteiger partial charge in [0.2, 0.25) is 5.78 Å². The fourth-order valence-electron chi connectivity index (χ4n) is 13.9. The summed E-state index contributed by atoms with van der Waals surface area (Å²) < 4.78 is 31.1. The Morgan fingerprint density at radius 3 is 1.99 bits per heavy atom. The molecule has 70 heavy (non-hydrogen) atoms. The highest BCUT2D eigenvalue weighted by Crippen LogP contribution is 2.70. The average Bonchev–Trinajstić information content (AvgIpc) is 3.92. The van der Waals surface area contributed by atoms with Crippen LogP contribution in [0.25, 0.3) is 0 Å². The smallest absolute Gasteiger partial charge is 0.306 e. The summed E-state index contributed by atoms with van der Waals surface area (Å²) in [5, 5.41) is 21.6. The minimum Gasteiger partial charge on any atom is -0.462 e. The van der Waals surface area contributed by atoms with E-state index < -0.39 is 29.5 Å². The van der Waals surface area contributed by atoms with Gasteiger partial charge in [-0.2, -0.15) is 0 Å². The van der Waals surface area contributed by atoms with Gasteiger partial charge < -0.3 is 38.8 Å². The first-order chi connectivity index (χ1) is 33.9. The first-order valence-corrected chi connectivity index (χ1v) is 29.2. The van der Waals surface area contributed by atoms with Gasteiger partial charge in [0, 0.05) is 36.2 Å². The maximum absolute atomic E-state index is 14.7. The van der Waals surface area contributed by atoms with Crippen LogP contribution in [0.15, 0.2) is 23.8 Å². The summed E-state index contributed by atoms with van der Waals surface area (Å²) in [6, 6.07) is 0. The topological polar surface area (TPSA) is 144 Å². The predicted octanol–water partition coefficient (Wildman–Crippen LogP) is 12.1.